The number of benzene rings is 2. The monoisotopic (exact) mass is 373 g/mol. The molecule has 0 aliphatic carbocycles. The van der Waals surface area contributed by atoms with Crippen LogP contribution in [0.3, 0.4) is 0 Å². The van der Waals surface area contributed by atoms with E-state index in [1.165, 1.54) is 25.3 Å². The Bertz CT molecular complexity index is 943. The van der Waals surface area contributed by atoms with Crippen LogP contribution in [0.15, 0.2) is 48.0 Å². The fourth-order valence-corrected chi connectivity index (χ4v) is 2.80. The van der Waals surface area contributed by atoms with E-state index >= 15 is 0 Å². The molecular formula is C17H12ClN3O5. The Morgan fingerprint density at radius 1 is 1.23 bits per heavy atom. The number of hydrogen-bond acceptors (Lipinski definition) is 5. The Labute approximate surface area is 152 Å². The number of para-hydroxylation sites is 1. The third kappa shape index (κ3) is 3.09. The molecular weight excluding hydrogens is 362 g/mol. The van der Waals surface area contributed by atoms with Crippen molar-refractivity contribution in [3.63, 3.8) is 0 Å². The van der Waals surface area contributed by atoms with Gasteiger partial charge in [-0.05, 0) is 29.8 Å². The molecule has 0 spiro atoms. The number of rotatable bonds is 4. The summed E-state index contributed by atoms with van der Waals surface area (Å²) in [6.07, 6.45) is 1.25. The third-order valence-electron chi connectivity index (χ3n) is 3.66. The van der Waals surface area contributed by atoms with E-state index in [2.05, 4.69) is 5.43 Å². The van der Waals surface area contributed by atoms with E-state index in [0.717, 1.165) is 5.01 Å². The lowest BCUT2D eigenvalue weighted by molar-refractivity contribution is -0.385. The van der Waals surface area contributed by atoms with Crippen molar-refractivity contribution in [2.75, 3.05) is 12.1 Å². The highest BCUT2D eigenvalue weighted by Crippen LogP contribution is 2.36. The van der Waals surface area contributed by atoms with Gasteiger partial charge in [-0.25, -0.2) is 5.01 Å². The Morgan fingerprint density at radius 2 is 1.92 bits per heavy atom. The fourth-order valence-electron chi connectivity index (χ4n) is 2.50. The summed E-state index contributed by atoms with van der Waals surface area (Å²) in [4.78, 5) is 35.2. The van der Waals surface area contributed by atoms with Gasteiger partial charge in [0.2, 0.25) is 5.75 Å². The fraction of sp³-hybridized carbons (Fsp3) is 0.0588. The molecule has 2 aromatic carbocycles. The van der Waals surface area contributed by atoms with Crippen molar-refractivity contribution in [3.05, 3.63) is 68.7 Å². The van der Waals surface area contributed by atoms with Gasteiger partial charge in [0.1, 0.15) is 5.57 Å². The number of hydrazine groups is 1. The molecule has 0 radical (unpaired) electrons. The van der Waals surface area contributed by atoms with Crippen molar-refractivity contribution in [2.24, 2.45) is 0 Å². The Balaban J connectivity index is 2.01. The first-order valence-corrected chi connectivity index (χ1v) is 7.74. The highest BCUT2D eigenvalue weighted by molar-refractivity contribution is 6.33. The molecule has 26 heavy (non-hydrogen) atoms. The maximum atomic E-state index is 12.5. The molecule has 1 saturated heterocycles. The maximum absolute atomic E-state index is 12.5. The number of methoxy groups -OCH3 is 1. The summed E-state index contributed by atoms with van der Waals surface area (Å²) in [5.41, 5.74) is 2.65. The summed E-state index contributed by atoms with van der Waals surface area (Å²) in [6.45, 7) is 0. The largest absolute Gasteiger partial charge is 0.489 e. The molecule has 0 bridgehead atoms. The zero-order valence-corrected chi connectivity index (χ0v) is 14.2. The molecule has 0 atom stereocenters. The zero-order chi connectivity index (χ0) is 18.8. The highest BCUT2D eigenvalue weighted by atomic mass is 35.5. The van der Waals surface area contributed by atoms with Crippen molar-refractivity contribution >= 4 is 40.9 Å². The summed E-state index contributed by atoms with van der Waals surface area (Å²) in [5.74, 6) is -1.28. The van der Waals surface area contributed by atoms with Crippen molar-refractivity contribution in [2.45, 2.75) is 0 Å². The Kier molecular flexibility index (Phi) is 4.59. The quantitative estimate of drug-likeness (QED) is 0.384. The van der Waals surface area contributed by atoms with Crippen LogP contribution in [0.4, 0.5) is 11.4 Å². The number of halogens is 1. The normalized spacial score (nSPS) is 15.3. The lowest BCUT2D eigenvalue weighted by Gasteiger charge is -2.13. The van der Waals surface area contributed by atoms with E-state index in [4.69, 9.17) is 16.3 Å². The minimum Gasteiger partial charge on any atom is -0.489 e. The molecule has 9 heteroatoms. The predicted octanol–water partition coefficient (Wildman–Crippen LogP) is 2.72. The zero-order valence-electron chi connectivity index (χ0n) is 13.4. The second kappa shape index (κ2) is 6.85. The molecule has 1 fully saturated rings. The Hall–Kier alpha value is -3.39. The highest BCUT2D eigenvalue weighted by Gasteiger charge is 2.34. The molecule has 2 amide bonds. The van der Waals surface area contributed by atoms with Crippen LogP contribution in [0.1, 0.15) is 5.56 Å². The molecule has 2 aromatic rings. The van der Waals surface area contributed by atoms with E-state index in [1.807, 2.05) is 0 Å². The molecule has 0 saturated carbocycles. The SMILES string of the molecule is COc1c(Cl)cc(C=C2C(=O)NN(c3ccccc3)C2=O)cc1[N+](=O)[O-]. The van der Waals surface area contributed by atoms with Gasteiger partial charge in [-0.2, -0.15) is 0 Å². The lowest BCUT2D eigenvalue weighted by atomic mass is 10.1. The summed E-state index contributed by atoms with van der Waals surface area (Å²) >= 11 is 6.01. The van der Waals surface area contributed by atoms with Crippen molar-refractivity contribution in [1.29, 1.82) is 0 Å². The number of hydrogen-bond donors (Lipinski definition) is 1. The molecule has 3 rings (SSSR count). The van der Waals surface area contributed by atoms with Crippen LogP contribution in [-0.4, -0.2) is 23.8 Å². The van der Waals surface area contributed by atoms with E-state index in [9.17, 15) is 19.7 Å². The first kappa shape index (κ1) is 17.4. The number of carbonyl (C=O) groups excluding carboxylic acids is 2. The molecule has 0 unspecified atom stereocenters. The van der Waals surface area contributed by atoms with Gasteiger partial charge in [0.15, 0.2) is 0 Å². The number of amides is 2. The summed E-state index contributed by atoms with van der Waals surface area (Å²) in [6, 6.07) is 11.1. The second-order valence-electron chi connectivity index (χ2n) is 5.29. The van der Waals surface area contributed by atoms with Gasteiger partial charge in [0, 0.05) is 6.07 Å². The van der Waals surface area contributed by atoms with Gasteiger partial charge >= 0.3 is 5.69 Å². The van der Waals surface area contributed by atoms with E-state index < -0.39 is 16.7 Å². The lowest BCUT2D eigenvalue weighted by Crippen LogP contribution is -2.35. The van der Waals surface area contributed by atoms with Crippen LogP contribution in [-0.2, 0) is 9.59 Å². The van der Waals surface area contributed by atoms with Crippen LogP contribution < -0.4 is 15.2 Å². The van der Waals surface area contributed by atoms with E-state index in [1.54, 1.807) is 30.3 Å². The maximum Gasteiger partial charge on any atom is 0.313 e. The number of anilines is 1. The van der Waals surface area contributed by atoms with Gasteiger partial charge in [0.05, 0.1) is 22.7 Å². The molecule has 1 N–H and O–H groups in total. The minimum absolute atomic E-state index is 0.000630. The second-order valence-corrected chi connectivity index (χ2v) is 5.69. The van der Waals surface area contributed by atoms with Gasteiger partial charge in [-0.15, -0.1) is 0 Å². The first-order valence-electron chi connectivity index (χ1n) is 7.36. The standard InChI is InChI=1S/C17H12ClN3O5/c1-26-15-13(18)8-10(9-14(15)21(24)25)7-12-16(22)19-20(17(12)23)11-5-3-2-4-6-11/h2-9H,1H3,(H,19,22). The van der Waals surface area contributed by atoms with Crippen molar-refractivity contribution in [1.82, 2.24) is 5.43 Å². The van der Waals surface area contributed by atoms with Gasteiger partial charge < -0.3 is 4.74 Å². The molecule has 132 valence electrons. The van der Waals surface area contributed by atoms with Crippen molar-refractivity contribution in [3.8, 4) is 5.75 Å². The first-order chi connectivity index (χ1) is 12.4. The van der Waals surface area contributed by atoms with Crippen LogP contribution in [0.5, 0.6) is 5.75 Å². The van der Waals surface area contributed by atoms with Crippen LogP contribution in [0.25, 0.3) is 6.08 Å². The van der Waals surface area contributed by atoms with Crippen LogP contribution >= 0.6 is 11.6 Å². The van der Waals surface area contributed by atoms with Crippen molar-refractivity contribution < 1.29 is 19.2 Å². The summed E-state index contributed by atoms with van der Waals surface area (Å²) in [5, 5.41) is 12.3. The molecule has 1 aliphatic heterocycles. The smallest absolute Gasteiger partial charge is 0.313 e. The third-order valence-corrected chi connectivity index (χ3v) is 3.94. The number of nitro groups is 1. The molecule has 0 aromatic heterocycles. The number of carbonyl (C=O) groups is 2. The van der Waals surface area contributed by atoms with Gasteiger partial charge in [-0.1, -0.05) is 29.8 Å². The van der Waals surface area contributed by atoms with Gasteiger partial charge in [0.25, 0.3) is 11.8 Å². The molecule has 1 aliphatic rings. The number of nitrogens with zero attached hydrogens (tertiary/aromatic N) is 2. The summed E-state index contributed by atoms with van der Waals surface area (Å²) < 4.78 is 4.93. The predicted molar refractivity (Wildman–Crippen MR) is 94.7 cm³/mol. The van der Waals surface area contributed by atoms with Crippen LogP contribution in [0.2, 0.25) is 5.02 Å². The summed E-state index contributed by atoms with van der Waals surface area (Å²) in [7, 11) is 1.26. The number of nitrogens with one attached hydrogen (secondary N) is 1. The average Bonchev–Trinajstić information content (AvgIpc) is 2.90. The van der Waals surface area contributed by atoms with Gasteiger partial charge in [-0.3, -0.25) is 25.1 Å². The number of nitro benzene ring substituents is 1. The van der Waals surface area contributed by atoms with Crippen LogP contribution in [0, 0.1) is 10.1 Å². The average molecular weight is 374 g/mol. The Morgan fingerprint density at radius 3 is 2.54 bits per heavy atom. The minimum atomic E-state index is -0.653. The molecule has 1 heterocycles. The topological polar surface area (TPSA) is 102 Å². The molecule has 8 nitrogen and oxygen atoms in total. The van der Waals surface area contributed by atoms with E-state index in [0.29, 0.717) is 5.69 Å². The van der Waals surface area contributed by atoms with E-state index in [-0.39, 0.29) is 27.6 Å². The number of ether oxygens (including phenoxy) is 1.